The minimum absolute atomic E-state index is 0.362. The summed E-state index contributed by atoms with van der Waals surface area (Å²) in [6.07, 6.45) is 2.51. The third-order valence-electron chi connectivity index (χ3n) is 3.82. The van der Waals surface area contributed by atoms with Crippen LogP contribution in [-0.4, -0.2) is 11.9 Å². The number of carbonyl (C=O) groups is 2. The minimum Gasteiger partial charge on any atom is -0.316 e. The van der Waals surface area contributed by atoms with Gasteiger partial charge < -0.3 is 5.32 Å². The summed E-state index contributed by atoms with van der Waals surface area (Å²) in [5.74, 6) is -0.362. The minimum atomic E-state index is -1.18. The van der Waals surface area contributed by atoms with Crippen LogP contribution in [-0.2, 0) is 16.8 Å². The quantitative estimate of drug-likeness (QED) is 0.672. The highest BCUT2D eigenvalue weighted by Gasteiger charge is 2.49. The first-order valence-corrected chi connectivity index (χ1v) is 7.06. The van der Waals surface area contributed by atoms with Crippen LogP contribution in [0.3, 0.4) is 0 Å². The lowest BCUT2D eigenvalue weighted by atomic mass is 9.82. The summed E-state index contributed by atoms with van der Waals surface area (Å²) < 4.78 is 0. The molecule has 1 unspecified atom stereocenters. The van der Waals surface area contributed by atoms with Crippen LogP contribution in [0, 0.1) is 0 Å². The Balaban J connectivity index is 2.19. The highest BCUT2D eigenvalue weighted by Crippen LogP contribution is 2.33. The molecule has 0 bridgehead atoms. The van der Waals surface area contributed by atoms with Gasteiger partial charge in [0.15, 0.2) is 5.54 Å². The normalized spacial score (nSPS) is 20.4. The zero-order chi connectivity index (χ0) is 15.6. The lowest BCUT2D eigenvalue weighted by Gasteiger charge is -2.27. The summed E-state index contributed by atoms with van der Waals surface area (Å²) in [5, 5.41) is 5.14. The monoisotopic (exact) mass is 292 g/mol. The van der Waals surface area contributed by atoms with Crippen LogP contribution in [0.25, 0.3) is 0 Å². The Morgan fingerprint density at radius 3 is 2.36 bits per heavy atom. The van der Waals surface area contributed by atoms with E-state index < -0.39 is 11.6 Å². The molecule has 1 aliphatic heterocycles. The number of nitrogens with one attached hydrogen (secondary N) is 2. The van der Waals surface area contributed by atoms with Gasteiger partial charge in [-0.3, -0.25) is 10.1 Å². The molecule has 3 amide bonds. The van der Waals surface area contributed by atoms with Gasteiger partial charge in [0.1, 0.15) is 0 Å². The Morgan fingerprint density at radius 2 is 1.73 bits per heavy atom. The van der Waals surface area contributed by atoms with Crippen molar-refractivity contribution in [1.82, 2.24) is 10.6 Å². The molecule has 0 saturated carbocycles. The average Bonchev–Trinajstić information content (AvgIpc) is 2.84. The second-order valence-corrected chi connectivity index (χ2v) is 5.22. The zero-order valence-electron chi connectivity index (χ0n) is 12.0. The molecule has 4 heteroatoms. The van der Waals surface area contributed by atoms with E-state index in [9.17, 15) is 9.59 Å². The van der Waals surface area contributed by atoms with Crippen LogP contribution in [0.2, 0.25) is 0 Å². The predicted octanol–water partition coefficient (Wildman–Crippen LogP) is 2.50. The van der Waals surface area contributed by atoms with E-state index in [1.54, 1.807) is 0 Å². The lowest BCUT2D eigenvalue weighted by molar-refractivity contribution is -0.122. The molecule has 1 atom stereocenters. The smallest absolute Gasteiger partial charge is 0.316 e. The number of carbonyl (C=O) groups excluding carboxylic acids is 2. The average molecular weight is 292 g/mol. The van der Waals surface area contributed by atoms with Crippen molar-refractivity contribution in [2.75, 3.05) is 0 Å². The molecular formula is C18H16N2O2. The van der Waals surface area contributed by atoms with Gasteiger partial charge in [-0.05, 0) is 23.1 Å². The van der Waals surface area contributed by atoms with Crippen molar-refractivity contribution in [3.05, 3.63) is 83.9 Å². The SMILES string of the molecule is C=CCc1cccc(C2(c3ccccc3)NC(=O)NC2=O)c1. The van der Waals surface area contributed by atoms with Crippen LogP contribution in [0.1, 0.15) is 16.7 Å². The van der Waals surface area contributed by atoms with E-state index in [1.165, 1.54) is 0 Å². The van der Waals surface area contributed by atoms with Gasteiger partial charge in [0.05, 0.1) is 0 Å². The van der Waals surface area contributed by atoms with E-state index in [0.717, 1.165) is 16.7 Å². The fourth-order valence-corrected chi connectivity index (χ4v) is 2.81. The fraction of sp³-hybridized carbons (Fsp3) is 0.111. The van der Waals surface area contributed by atoms with Crippen molar-refractivity contribution in [3.8, 4) is 0 Å². The topological polar surface area (TPSA) is 58.2 Å². The third-order valence-corrected chi connectivity index (χ3v) is 3.82. The first-order chi connectivity index (χ1) is 10.7. The lowest BCUT2D eigenvalue weighted by Crippen LogP contribution is -2.44. The summed E-state index contributed by atoms with van der Waals surface area (Å²) in [6, 6.07) is 16.4. The Morgan fingerprint density at radius 1 is 1.00 bits per heavy atom. The van der Waals surface area contributed by atoms with E-state index in [2.05, 4.69) is 17.2 Å². The maximum absolute atomic E-state index is 12.6. The Labute approximate surface area is 128 Å². The van der Waals surface area contributed by atoms with Gasteiger partial charge in [-0.15, -0.1) is 6.58 Å². The third kappa shape index (κ3) is 2.19. The molecule has 4 nitrogen and oxygen atoms in total. The molecule has 2 N–H and O–H groups in total. The number of hydrogen-bond acceptors (Lipinski definition) is 2. The van der Waals surface area contributed by atoms with Gasteiger partial charge in [0.25, 0.3) is 5.91 Å². The highest BCUT2D eigenvalue weighted by molar-refractivity contribution is 6.09. The molecule has 2 aromatic rings. The predicted molar refractivity (Wildman–Crippen MR) is 84.2 cm³/mol. The Bertz CT molecular complexity index is 740. The Kier molecular flexibility index (Phi) is 3.51. The van der Waals surface area contributed by atoms with Gasteiger partial charge in [-0.1, -0.05) is 60.7 Å². The van der Waals surface area contributed by atoms with Gasteiger partial charge in [-0.25, -0.2) is 4.79 Å². The van der Waals surface area contributed by atoms with Crippen LogP contribution in [0.5, 0.6) is 0 Å². The van der Waals surface area contributed by atoms with Crippen molar-refractivity contribution < 1.29 is 9.59 Å². The van der Waals surface area contributed by atoms with Gasteiger partial charge in [0.2, 0.25) is 0 Å². The number of benzene rings is 2. The molecule has 3 rings (SSSR count). The van der Waals surface area contributed by atoms with Gasteiger partial charge in [-0.2, -0.15) is 0 Å². The summed E-state index contributed by atoms with van der Waals surface area (Å²) in [6.45, 7) is 3.74. The molecule has 0 spiro atoms. The van der Waals surface area contributed by atoms with E-state index in [1.807, 2.05) is 60.7 Å². The van der Waals surface area contributed by atoms with Crippen molar-refractivity contribution in [2.24, 2.45) is 0 Å². The molecule has 1 aliphatic rings. The number of rotatable bonds is 4. The van der Waals surface area contributed by atoms with Crippen molar-refractivity contribution >= 4 is 11.9 Å². The van der Waals surface area contributed by atoms with Crippen molar-refractivity contribution in [1.29, 1.82) is 0 Å². The summed E-state index contributed by atoms with van der Waals surface area (Å²) >= 11 is 0. The zero-order valence-corrected chi connectivity index (χ0v) is 12.0. The summed E-state index contributed by atoms with van der Waals surface area (Å²) in [4.78, 5) is 24.3. The molecule has 1 heterocycles. The molecule has 2 aromatic carbocycles. The highest BCUT2D eigenvalue weighted by atomic mass is 16.2. The second kappa shape index (κ2) is 5.48. The number of allylic oxidation sites excluding steroid dienone is 1. The molecule has 0 radical (unpaired) electrons. The molecule has 110 valence electrons. The Hall–Kier alpha value is -2.88. The first-order valence-electron chi connectivity index (χ1n) is 7.06. The van der Waals surface area contributed by atoms with Gasteiger partial charge in [0, 0.05) is 0 Å². The van der Waals surface area contributed by atoms with Crippen molar-refractivity contribution in [2.45, 2.75) is 12.0 Å². The molecule has 1 saturated heterocycles. The van der Waals surface area contributed by atoms with Crippen molar-refractivity contribution in [3.63, 3.8) is 0 Å². The second-order valence-electron chi connectivity index (χ2n) is 5.22. The first kappa shape index (κ1) is 14.1. The van der Waals surface area contributed by atoms with Crippen LogP contribution >= 0.6 is 0 Å². The van der Waals surface area contributed by atoms with E-state index in [4.69, 9.17) is 0 Å². The van der Waals surface area contributed by atoms with Crippen LogP contribution < -0.4 is 10.6 Å². The summed E-state index contributed by atoms with van der Waals surface area (Å²) in [7, 11) is 0. The molecule has 0 aromatic heterocycles. The number of amides is 3. The fourth-order valence-electron chi connectivity index (χ4n) is 2.81. The molecule has 0 aliphatic carbocycles. The van der Waals surface area contributed by atoms with Crippen LogP contribution in [0.15, 0.2) is 67.3 Å². The molecule has 22 heavy (non-hydrogen) atoms. The van der Waals surface area contributed by atoms with Crippen LogP contribution in [0.4, 0.5) is 4.79 Å². The van der Waals surface area contributed by atoms with E-state index >= 15 is 0 Å². The molecular weight excluding hydrogens is 276 g/mol. The van der Waals surface area contributed by atoms with Gasteiger partial charge >= 0.3 is 6.03 Å². The number of imide groups is 1. The maximum atomic E-state index is 12.6. The van der Waals surface area contributed by atoms with E-state index in [0.29, 0.717) is 6.42 Å². The number of hydrogen-bond donors (Lipinski definition) is 2. The maximum Gasteiger partial charge on any atom is 0.322 e. The summed E-state index contributed by atoms with van der Waals surface area (Å²) in [5.41, 5.74) is 1.32. The number of urea groups is 1. The molecule has 1 fully saturated rings. The largest absolute Gasteiger partial charge is 0.322 e. The van der Waals surface area contributed by atoms with E-state index in [-0.39, 0.29) is 5.91 Å². The standard InChI is InChI=1S/C18H16N2O2/c1-2-7-13-8-6-11-15(12-13)18(14-9-4-3-5-10-14)16(21)19-17(22)20-18/h2-6,8-12H,1,7H2,(H2,19,20,21,22).